The lowest BCUT2D eigenvalue weighted by Crippen LogP contribution is -2.47. The number of nitrogens with one attached hydrogen (secondary N) is 1. The molecular weight excluding hydrogens is 533 g/mol. The maximum Gasteiger partial charge on any atom is 0.233 e. The van der Waals surface area contributed by atoms with Gasteiger partial charge < -0.3 is 30.8 Å². The number of carbonyl (C=O) groups excluding carboxylic acids is 1. The van der Waals surface area contributed by atoms with Gasteiger partial charge in [-0.15, -0.1) is 5.10 Å². The number of ether oxygens (including phenoxy) is 1. The van der Waals surface area contributed by atoms with Gasteiger partial charge in [-0.1, -0.05) is 0 Å². The molecule has 5 aromatic rings. The molecule has 1 fully saturated rings. The van der Waals surface area contributed by atoms with Crippen molar-refractivity contribution in [1.82, 2.24) is 39.6 Å². The second-order valence-electron chi connectivity index (χ2n) is 9.57. The summed E-state index contributed by atoms with van der Waals surface area (Å²) in [6.45, 7) is 4.72. The highest BCUT2D eigenvalue weighted by atomic mass is 19.1. The van der Waals surface area contributed by atoms with Gasteiger partial charge in [0.2, 0.25) is 17.7 Å². The minimum Gasteiger partial charge on any atom is -0.492 e. The summed E-state index contributed by atoms with van der Waals surface area (Å²) in [5.41, 5.74) is 13.2. The van der Waals surface area contributed by atoms with Gasteiger partial charge in [-0.05, 0) is 24.3 Å². The standard InChI is InChI=1S/C26H30FN11O3/c27-19-14-17(40-13-5-30-22(39)15-28)3-4-20(19)36-9-6-35(7-10-36)8-11-37-24-18(16-31-37)25-32-23(21-2-1-12-41-21)34-38(25)26(29)33-24/h1-4,12,14,16H,5-11,13,15,28H2,(H2,29,33)(H,30,39). The van der Waals surface area contributed by atoms with Crippen LogP contribution in [0.15, 0.2) is 47.2 Å². The third-order valence-corrected chi connectivity index (χ3v) is 6.98. The average Bonchev–Trinajstić information content (AvgIpc) is 3.75. The molecule has 14 nitrogen and oxygen atoms in total. The van der Waals surface area contributed by atoms with Crippen LogP contribution in [0.3, 0.4) is 0 Å². The number of hydrogen-bond acceptors (Lipinski definition) is 11. The Bertz CT molecular complexity index is 1660. The molecule has 0 unspecified atom stereocenters. The summed E-state index contributed by atoms with van der Waals surface area (Å²) in [4.78, 5) is 24.6. The zero-order valence-electron chi connectivity index (χ0n) is 22.2. The number of benzene rings is 1. The first-order valence-corrected chi connectivity index (χ1v) is 13.3. The zero-order valence-corrected chi connectivity index (χ0v) is 22.2. The Morgan fingerprint density at radius 1 is 1.12 bits per heavy atom. The Labute approximate surface area is 233 Å². The van der Waals surface area contributed by atoms with Gasteiger partial charge in [-0.2, -0.15) is 14.6 Å². The molecule has 1 aliphatic heterocycles. The zero-order chi connectivity index (χ0) is 28.3. The highest BCUT2D eigenvalue weighted by molar-refractivity contribution is 5.90. The van der Waals surface area contributed by atoms with E-state index in [0.717, 1.165) is 25.0 Å². The largest absolute Gasteiger partial charge is 0.492 e. The van der Waals surface area contributed by atoms with Crippen LogP contribution in [0.5, 0.6) is 5.75 Å². The van der Waals surface area contributed by atoms with Crippen molar-refractivity contribution in [3.05, 3.63) is 48.6 Å². The van der Waals surface area contributed by atoms with Crippen molar-refractivity contribution in [3.63, 3.8) is 0 Å². The van der Waals surface area contributed by atoms with Crippen molar-refractivity contribution < 1.29 is 18.3 Å². The second kappa shape index (κ2) is 11.4. The maximum absolute atomic E-state index is 14.9. The number of nitrogens with two attached hydrogens (primary N) is 2. The molecule has 1 saturated heterocycles. The van der Waals surface area contributed by atoms with Crippen molar-refractivity contribution in [2.24, 2.45) is 5.73 Å². The van der Waals surface area contributed by atoms with Crippen LogP contribution in [0.25, 0.3) is 28.3 Å². The average molecular weight is 564 g/mol. The van der Waals surface area contributed by atoms with Gasteiger partial charge in [-0.25, -0.2) is 14.1 Å². The first-order valence-electron chi connectivity index (χ1n) is 13.3. The summed E-state index contributed by atoms with van der Waals surface area (Å²) >= 11 is 0. The molecule has 1 amide bonds. The fraction of sp³-hybridized carbons (Fsp3) is 0.346. The molecule has 0 saturated carbocycles. The van der Waals surface area contributed by atoms with E-state index < -0.39 is 0 Å². The number of anilines is 2. The normalized spacial score (nSPS) is 14.2. The van der Waals surface area contributed by atoms with Gasteiger partial charge in [0.05, 0.1) is 43.2 Å². The predicted molar refractivity (Wildman–Crippen MR) is 149 cm³/mol. The van der Waals surface area contributed by atoms with Gasteiger partial charge in [0.15, 0.2) is 17.1 Å². The third-order valence-electron chi connectivity index (χ3n) is 6.98. The van der Waals surface area contributed by atoms with Crippen LogP contribution in [-0.2, 0) is 11.3 Å². The van der Waals surface area contributed by atoms with E-state index in [1.54, 1.807) is 36.7 Å². The van der Waals surface area contributed by atoms with Crippen molar-refractivity contribution in [3.8, 4) is 17.3 Å². The molecule has 0 spiro atoms. The Kier molecular flexibility index (Phi) is 7.35. The Hall–Kier alpha value is -4.76. The molecule has 4 aromatic heterocycles. The number of hydrogen-bond donors (Lipinski definition) is 3. The lowest BCUT2D eigenvalue weighted by molar-refractivity contribution is -0.119. The van der Waals surface area contributed by atoms with Gasteiger partial charge in [0, 0.05) is 38.8 Å². The number of piperazine rings is 1. The monoisotopic (exact) mass is 563 g/mol. The molecule has 214 valence electrons. The van der Waals surface area contributed by atoms with E-state index in [2.05, 4.69) is 30.4 Å². The molecule has 0 radical (unpaired) electrons. The molecule has 1 aliphatic rings. The van der Waals surface area contributed by atoms with E-state index in [9.17, 15) is 9.18 Å². The van der Waals surface area contributed by atoms with Crippen LogP contribution in [-0.4, -0.2) is 92.6 Å². The van der Waals surface area contributed by atoms with Gasteiger partial charge in [0.1, 0.15) is 18.2 Å². The first kappa shape index (κ1) is 26.5. The lowest BCUT2D eigenvalue weighted by atomic mass is 10.2. The molecule has 0 aliphatic carbocycles. The van der Waals surface area contributed by atoms with Crippen LogP contribution >= 0.6 is 0 Å². The van der Waals surface area contributed by atoms with Crippen molar-refractivity contribution in [2.45, 2.75) is 6.54 Å². The van der Waals surface area contributed by atoms with Crippen molar-refractivity contribution in [2.75, 3.05) is 63.1 Å². The summed E-state index contributed by atoms with van der Waals surface area (Å²) in [6, 6.07) is 8.40. The smallest absolute Gasteiger partial charge is 0.233 e. The van der Waals surface area contributed by atoms with Crippen LogP contribution in [0.1, 0.15) is 0 Å². The molecule has 6 rings (SSSR count). The first-order chi connectivity index (χ1) is 20.0. The van der Waals surface area contributed by atoms with Gasteiger partial charge >= 0.3 is 0 Å². The number of amides is 1. The number of aromatic nitrogens is 6. The third kappa shape index (κ3) is 5.49. The Balaban J connectivity index is 1.04. The van der Waals surface area contributed by atoms with Gasteiger partial charge in [-0.3, -0.25) is 9.69 Å². The number of fused-ring (bicyclic) bond motifs is 3. The molecule has 0 bridgehead atoms. The minimum absolute atomic E-state index is 0.0787. The molecule has 15 heteroatoms. The SMILES string of the molecule is NCC(=O)NCCOc1ccc(N2CCN(CCn3ncc4c3nc(N)n3nc(-c5ccco5)nc43)CC2)c(F)c1. The molecule has 1 aromatic carbocycles. The highest BCUT2D eigenvalue weighted by Gasteiger charge is 2.21. The summed E-state index contributed by atoms with van der Waals surface area (Å²) in [5, 5.41) is 12.3. The van der Waals surface area contributed by atoms with Crippen LogP contribution in [0, 0.1) is 5.82 Å². The van der Waals surface area contributed by atoms with E-state index in [1.807, 2.05) is 9.58 Å². The topological polar surface area (TPSA) is 171 Å². The van der Waals surface area contributed by atoms with E-state index in [1.165, 1.54) is 10.6 Å². The van der Waals surface area contributed by atoms with Crippen LogP contribution < -0.4 is 26.4 Å². The quantitative estimate of drug-likeness (QED) is 0.205. The summed E-state index contributed by atoms with van der Waals surface area (Å²) in [7, 11) is 0. The van der Waals surface area contributed by atoms with E-state index in [-0.39, 0.29) is 30.8 Å². The summed E-state index contributed by atoms with van der Waals surface area (Å²) in [6.07, 6.45) is 3.29. The van der Waals surface area contributed by atoms with Crippen molar-refractivity contribution >= 4 is 34.2 Å². The molecule has 41 heavy (non-hydrogen) atoms. The van der Waals surface area contributed by atoms with E-state index in [0.29, 0.717) is 60.5 Å². The number of rotatable bonds is 10. The fourth-order valence-corrected chi connectivity index (χ4v) is 4.84. The number of nitrogen functional groups attached to an aromatic ring is 1. The lowest BCUT2D eigenvalue weighted by Gasteiger charge is -2.36. The van der Waals surface area contributed by atoms with Crippen LogP contribution in [0.2, 0.25) is 0 Å². The fourth-order valence-electron chi connectivity index (χ4n) is 4.84. The highest BCUT2D eigenvalue weighted by Crippen LogP contribution is 2.26. The van der Waals surface area contributed by atoms with E-state index >= 15 is 0 Å². The number of nitrogens with zero attached hydrogens (tertiary/aromatic N) is 8. The van der Waals surface area contributed by atoms with E-state index in [4.69, 9.17) is 20.6 Å². The number of carbonyl (C=O) groups is 1. The second-order valence-corrected chi connectivity index (χ2v) is 9.57. The summed E-state index contributed by atoms with van der Waals surface area (Å²) in [5.74, 6) is 0.986. The number of furan rings is 1. The molecule has 5 N–H and O–H groups in total. The predicted octanol–water partition coefficient (Wildman–Crippen LogP) is 0.731. The molecule has 0 atom stereocenters. The maximum atomic E-state index is 14.9. The Morgan fingerprint density at radius 2 is 1.98 bits per heavy atom. The molecular formula is C26H30FN11O3. The number of halogens is 1. The summed E-state index contributed by atoms with van der Waals surface area (Å²) < 4.78 is 29.1. The minimum atomic E-state index is -0.344. The Morgan fingerprint density at radius 3 is 2.73 bits per heavy atom. The van der Waals surface area contributed by atoms with Crippen molar-refractivity contribution in [1.29, 1.82) is 0 Å². The van der Waals surface area contributed by atoms with Gasteiger partial charge in [0.25, 0.3) is 0 Å². The van der Waals surface area contributed by atoms with Crippen LogP contribution in [0.4, 0.5) is 16.0 Å². The molecule has 5 heterocycles.